The molecule has 0 aliphatic rings. The van der Waals surface area contributed by atoms with E-state index in [0.29, 0.717) is 32.1 Å². The summed E-state index contributed by atoms with van der Waals surface area (Å²) in [7, 11) is 23.0. The van der Waals surface area contributed by atoms with E-state index in [1.807, 2.05) is 69.2 Å². The van der Waals surface area contributed by atoms with Crippen molar-refractivity contribution in [1.29, 1.82) is 0 Å². The molecule has 80 heavy (non-hydrogen) atoms. The molecular weight excluding hydrogens is 1290 g/mol. The van der Waals surface area contributed by atoms with Crippen LogP contribution in [0.4, 0.5) is 0 Å². The second kappa shape index (κ2) is 54.5. The highest BCUT2D eigenvalue weighted by atomic mass is 32.6. The van der Waals surface area contributed by atoms with Crippen molar-refractivity contribution >= 4 is 153 Å². The topological polar surface area (TPSA) is 330 Å². The van der Waals surface area contributed by atoms with E-state index in [9.17, 15) is 49.2 Å². The number of carbonyl (C=O) groups is 6. The lowest BCUT2D eigenvalue weighted by Crippen LogP contribution is -2.45. The van der Waals surface area contributed by atoms with Crippen LogP contribution in [0.5, 0.6) is 0 Å². The first kappa shape index (κ1) is 93.7. The van der Waals surface area contributed by atoms with Gasteiger partial charge in [0.25, 0.3) is 0 Å². The molecule has 0 fully saturated rings. The van der Waals surface area contributed by atoms with Gasteiger partial charge in [-0.25, -0.2) is 8.88 Å². The molecule has 24 atom stereocenters. The second-order valence-electron chi connectivity index (χ2n) is 20.5. The first-order valence-electron chi connectivity index (χ1n) is 26.5. The number of carboxylic acid groups (broad SMARTS) is 2. The van der Waals surface area contributed by atoms with Gasteiger partial charge in [0.05, 0.1) is 36.4 Å². The van der Waals surface area contributed by atoms with Crippen molar-refractivity contribution in [2.45, 2.75) is 236 Å². The van der Waals surface area contributed by atoms with Gasteiger partial charge in [-0.15, -0.1) is 17.9 Å². The summed E-state index contributed by atoms with van der Waals surface area (Å²) in [4.78, 5) is 64.7. The normalized spacial score (nSPS) is 16.8. The zero-order valence-electron chi connectivity index (χ0n) is 51.1. The summed E-state index contributed by atoms with van der Waals surface area (Å²) in [5.74, 6) is -1.90. The predicted octanol–water partition coefficient (Wildman–Crippen LogP) is 9.73. The molecule has 0 rings (SSSR count). The molecule has 480 valence electrons. The number of carbonyl (C=O) groups excluding carboxylic acids is 4. The van der Waals surface area contributed by atoms with Gasteiger partial charge in [0, 0.05) is 103 Å². The highest BCUT2D eigenvalue weighted by Crippen LogP contribution is 2.79. The van der Waals surface area contributed by atoms with Crippen molar-refractivity contribution in [3.63, 3.8) is 0 Å². The lowest BCUT2D eigenvalue weighted by Gasteiger charge is -2.39. The Kier molecular flexibility index (Phi) is 63.7. The SMILES string of the molecule is CC(C)C(=O)O.CC(CC(O)C(C)N(P(P)P)P(P)PP)NC(=O)C(C)C.CC(CC(O)C(C)N)NC(=O)C(C)C.CC(N)CC(O)C(C)N(P(P)P)P(P)PP.CCC(=O)NC(C)C(O)CC(C)NC(=O)C(C)C.CCC(=O)O. The molecule has 0 heterocycles. The maximum atomic E-state index is 11.7. The number of hydrogen-bond acceptors (Lipinski definition) is 14. The summed E-state index contributed by atoms with van der Waals surface area (Å²) in [6, 6.07) is -0.460. The van der Waals surface area contributed by atoms with Crippen LogP contribution in [0.3, 0.4) is 0 Å². The third kappa shape index (κ3) is 52.5. The molecule has 0 aromatic heterocycles. The summed E-state index contributed by atoms with van der Waals surface area (Å²) < 4.78 is 4.76. The molecule has 20 nitrogen and oxygen atoms in total. The molecule has 0 radical (unpaired) electrons. The Hall–Kier alpha value is 2.52. The minimum atomic E-state index is -0.745. The van der Waals surface area contributed by atoms with Crippen LogP contribution < -0.4 is 32.7 Å². The van der Waals surface area contributed by atoms with Crippen LogP contribution in [0.2, 0.25) is 0 Å². The van der Waals surface area contributed by atoms with E-state index < -0.39 is 37.7 Å². The number of nitrogens with one attached hydrogen (secondary N) is 4. The molecule has 14 N–H and O–H groups in total. The smallest absolute Gasteiger partial charge is 0.305 e. The fraction of sp³-hybridized carbons (Fsp3) is 0.870. The Morgan fingerprint density at radius 3 is 0.963 bits per heavy atom. The number of carboxylic acids is 2. The number of aliphatic hydroxyl groups is 4. The molecular formula is C46H114N8O12P14. The van der Waals surface area contributed by atoms with E-state index in [2.05, 4.69) is 115 Å². The van der Waals surface area contributed by atoms with Crippen LogP contribution in [0.1, 0.15) is 163 Å². The first-order chi connectivity index (χ1) is 36.4. The Labute approximate surface area is 510 Å². The molecule has 0 saturated heterocycles. The van der Waals surface area contributed by atoms with Crippen molar-refractivity contribution in [3.05, 3.63) is 0 Å². The molecule has 0 bridgehead atoms. The van der Waals surface area contributed by atoms with Crippen molar-refractivity contribution in [2.75, 3.05) is 0 Å². The first-order valence-corrected chi connectivity index (χ1v) is 48.7. The summed E-state index contributed by atoms with van der Waals surface area (Å²) in [6.07, 6.45) is 0.743. The summed E-state index contributed by atoms with van der Waals surface area (Å²) in [5, 5.41) is 67.0. The van der Waals surface area contributed by atoms with Crippen LogP contribution in [-0.4, -0.2) is 148 Å². The minimum Gasteiger partial charge on any atom is -0.481 e. The monoisotopic (exact) mass is 1400 g/mol. The molecule has 24 unspecified atom stereocenters. The minimum absolute atomic E-state index is 0.00868. The van der Waals surface area contributed by atoms with E-state index in [1.54, 1.807) is 41.5 Å². The predicted molar refractivity (Wildman–Crippen MR) is 380 cm³/mol. The molecule has 0 aromatic rings. The maximum absolute atomic E-state index is 11.7. The molecule has 0 aliphatic carbocycles. The van der Waals surface area contributed by atoms with Crippen molar-refractivity contribution in [3.8, 4) is 0 Å². The van der Waals surface area contributed by atoms with Crippen LogP contribution >= 0.6 is 117 Å². The van der Waals surface area contributed by atoms with Crippen LogP contribution in [0.25, 0.3) is 0 Å². The Bertz CT molecular complexity index is 1650. The molecule has 0 spiro atoms. The number of hydrogen-bond donors (Lipinski definition) is 12. The quantitative estimate of drug-likeness (QED) is 0.0298. The van der Waals surface area contributed by atoms with Gasteiger partial charge in [0.2, 0.25) is 23.6 Å². The molecule has 0 aromatic carbocycles. The summed E-state index contributed by atoms with van der Waals surface area (Å²) in [5.41, 5.74) is 11.2. The van der Waals surface area contributed by atoms with Gasteiger partial charge in [-0.2, -0.15) is 0 Å². The zero-order valence-corrected chi connectivity index (χ0v) is 65.9. The van der Waals surface area contributed by atoms with E-state index >= 15 is 0 Å². The van der Waals surface area contributed by atoms with E-state index in [1.165, 1.54) is 0 Å². The van der Waals surface area contributed by atoms with E-state index in [0.717, 1.165) is 15.9 Å². The lowest BCUT2D eigenvalue weighted by molar-refractivity contribution is -0.140. The van der Waals surface area contributed by atoms with Crippen molar-refractivity contribution in [1.82, 2.24) is 30.1 Å². The average Bonchev–Trinajstić information content (AvgIpc) is 3.33. The maximum Gasteiger partial charge on any atom is 0.305 e. The summed E-state index contributed by atoms with van der Waals surface area (Å²) in [6.45, 7) is 33.0. The average molecular weight is 1410 g/mol. The standard InChI is InChI=1S/C13H26N2O3.C10H29N2O2P7.C10H22N2O2.C6H23N2OP7.C4H8O2.C3H6O2/c1-6-12(17)15-10(5)11(16)7-9(4)14-13(18)8(2)3;1-6(2)10(14)11-7(3)5-9(13)8(4)12(20(16)17)21(18)19-15;1-6(2)10(14)12-7(3)5-9(13)8(4)11;1-4(7)3-6(9)5(2)8(15(11)12)16(13)14-10;1-3(2)4(5)6;1-2-3(4)5/h8-11,16H,6-7H2,1-5H3,(H,14,18)(H,15,17);6-9,13,19H,5,15-18H2,1-4H3,(H,11,14);6-9,13H,5,11H2,1-4H3,(H,12,14);4-6,9,14H,3,7,10-13H2,1-2H3;3H,1-2H3,(H,5,6);2H2,1H3,(H,4,5). The number of nitrogens with two attached hydrogens (primary N) is 2. The zero-order chi connectivity index (χ0) is 64.7. The van der Waals surface area contributed by atoms with Crippen molar-refractivity contribution < 1.29 is 59.4 Å². The lowest BCUT2D eigenvalue weighted by atomic mass is 10.0. The third-order valence-electron chi connectivity index (χ3n) is 10.8. The van der Waals surface area contributed by atoms with E-state index in [4.69, 9.17) is 21.7 Å². The van der Waals surface area contributed by atoms with Gasteiger partial charge in [-0.3, -0.25) is 28.8 Å². The number of amides is 4. The van der Waals surface area contributed by atoms with Crippen molar-refractivity contribution in [2.24, 2.45) is 35.1 Å². The van der Waals surface area contributed by atoms with Gasteiger partial charge in [0.1, 0.15) is 0 Å². The Morgan fingerprint density at radius 2 is 0.750 bits per heavy atom. The Morgan fingerprint density at radius 1 is 0.475 bits per heavy atom. The number of rotatable bonds is 30. The molecule has 4 amide bonds. The summed E-state index contributed by atoms with van der Waals surface area (Å²) >= 11 is 0. The fourth-order valence-electron chi connectivity index (χ4n) is 5.60. The van der Waals surface area contributed by atoms with Gasteiger partial charge in [0.15, 0.2) is 0 Å². The highest BCUT2D eigenvalue weighted by molar-refractivity contribution is 8.63. The third-order valence-corrected chi connectivity index (χ3v) is 41.7. The number of aliphatic hydroxyl groups excluding tert-OH is 4. The molecule has 34 heteroatoms. The Balaban J connectivity index is -0.000000216. The largest absolute Gasteiger partial charge is 0.481 e. The van der Waals surface area contributed by atoms with E-state index in [-0.39, 0.29) is 131 Å². The number of aliphatic carboxylic acids is 2. The van der Waals surface area contributed by atoms with Crippen LogP contribution in [-0.2, 0) is 28.8 Å². The second-order valence-corrected chi connectivity index (χ2v) is 51.2. The highest BCUT2D eigenvalue weighted by Gasteiger charge is 2.31. The van der Waals surface area contributed by atoms with Gasteiger partial charge in [-0.1, -0.05) is 139 Å². The van der Waals surface area contributed by atoms with Crippen LogP contribution in [0.15, 0.2) is 0 Å². The molecule has 0 aliphatic heterocycles. The van der Waals surface area contributed by atoms with Crippen LogP contribution in [0, 0.1) is 23.7 Å². The fourth-order valence-corrected chi connectivity index (χ4v) is 36.4. The van der Waals surface area contributed by atoms with Gasteiger partial charge >= 0.3 is 11.9 Å². The number of nitrogens with zero attached hydrogens (tertiary/aromatic N) is 2. The molecule has 0 saturated carbocycles. The van der Waals surface area contributed by atoms with Gasteiger partial charge < -0.3 is 63.4 Å². The van der Waals surface area contributed by atoms with Gasteiger partial charge in [-0.05, 0) is 81.1 Å².